The molecule has 16 nitrogen and oxygen atoms in total. The first-order valence-electron chi connectivity index (χ1n) is 7.94. The van der Waals surface area contributed by atoms with Gasteiger partial charge >= 0.3 is 29.2 Å². The lowest BCUT2D eigenvalue weighted by molar-refractivity contribution is -0.0246. The van der Waals surface area contributed by atoms with Gasteiger partial charge in [-0.1, -0.05) is 6.42 Å². The highest BCUT2D eigenvalue weighted by molar-refractivity contribution is 7.66. The van der Waals surface area contributed by atoms with Crippen LogP contribution in [-0.4, -0.2) is 46.7 Å². The van der Waals surface area contributed by atoms with Gasteiger partial charge in [0.15, 0.2) is 0 Å². The summed E-state index contributed by atoms with van der Waals surface area (Å²) in [5, 5.41) is 0. The highest BCUT2D eigenvalue weighted by Gasteiger charge is 2.38. The van der Waals surface area contributed by atoms with E-state index in [2.05, 4.69) is 19.7 Å². The minimum atomic E-state index is -5.46. The lowest BCUT2D eigenvalue weighted by Gasteiger charge is -2.15. The maximum absolute atomic E-state index is 11.7. The summed E-state index contributed by atoms with van der Waals surface area (Å²) in [7, 11) is -16.2. The quantitative estimate of drug-likeness (QED) is 0.200. The predicted molar refractivity (Wildman–Crippen MR) is 100 cm³/mol. The first-order chi connectivity index (χ1) is 14.0. The molecule has 1 fully saturated rings. The minimum absolute atomic E-state index is 0.120. The molecular formula is C12H19N2O14P3. The Bertz CT molecular complexity index is 1030. The van der Waals surface area contributed by atoms with Gasteiger partial charge < -0.3 is 33.9 Å². The average molecular weight is 508 g/mol. The molecule has 0 amide bonds. The van der Waals surface area contributed by atoms with E-state index >= 15 is 0 Å². The Labute approximate surface area is 173 Å². The van der Waals surface area contributed by atoms with E-state index in [9.17, 15) is 23.3 Å². The lowest BCUT2D eigenvalue weighted by atomic mass is 10.2. The molecule has 1 aliphatic heterocycles. The highest BCUT2D eigenvalue weighted by Crippen LogP contribution is 2.64. The monoisotopic (exact) mass is 508 g/mol. The van der Waals surface area contributed by atoms with Gasteiger partial charge in [0.25, 0.3) is 5.56 Å². The van der Waals surface area contributed by atoms with Crippen molar-refractivity contribution in [1.29, 1.82) is 0 Å². The second-order valence-corrected chi connectivity index (χ2v) is 10.0. The summed E-state index contributed by atoms with van der Waals surface area (Å²) in [6, 6.07) is 0. The van der Waals surface area contributed by atoms with Crippen molar-refractivity contribution < 1.29 is 56.3 Å². The van der Waals surface area contributed by atoms with E-state index in [4.69, 9.17) is 40.4 Å². The van der Waals surface area contributed by atoms with Crippen LogP contribution in [0, 0.1) is 19.5 Å². The molecule has 0 aliphatic carbocycles. The zero-order chi connectivity index (χ0) is 24.0. The van der Waals surface area contributed by atoms with Gasteiger partial charge in [-0.15, -0.1) is 0 Å². The molecule has 176 valence electrons. The summed E-state index contributed by atoms with van der Waals surface area (Å²) < 4.78 is 48.3. The predicted octanol–water partition coefficient (Wildman–Crippen LogP) is -0.565. The van der Waals surface area contributed by atoms with Crippen LogP contribution in [0.2, 0.25) is 0 Å². The van der Waals surface area contributed by atoms with Crippen LogP contribution in [0.15, 0.2) is 15.8 Å². The summed E-state index contributed by atoms with van der Waals surface area (Å²) in [5.74, 6) is 0. The molecule has 1 aliphatic rings. The van der Waals surface area contributed by atoms with E-state index in [1.54, 1.807) is 6.92 Å². The molecule has 0 radical (unpaired) electrons. The molecule has 19 heteroatoms. The molecule has 1 saturated heterocycles. The van der Waals surface area contributed by atoms with Gasteiger partial charge in [-0.3, -0.25) is 14.3 Å². The van der Waals surface area contributed by atoms with Gasteiger partial charge in [-0.25, -0.2) is 18.5 Å². The molecule has 31 heavy (non-hydrogen) atoms. The SMILES string of the molecule is C#COC[C@@H]1CC[C@H](n2cc(C)c(=O)[nH]c2=O)O1.O=P(O)(O)OP(=O)(O)OP(=O)(O)O. The van der Waals surface area contributed by atoms with Crippen molar-refractivity contribution >= 4 is 23.5 Å². The summed E-state index contributed by atoms with van der Waals surface area (Å²) in [6.07, 6.45) is 9.53. The maximum atomic E-state index is 11.7. The number of aromatic nitrogens is 2. The number of aryl methyl sites for hydroxylation is 1. The van der Waals surface area contributed by atoms with Crippen molar-refractivity contribution in [3.8, 4) is 12.5 Å². The number of phosphoric acid groups is 3. The molecule has 0 saturated carbocycles. The van der Waals surface area contributed by atoms with Crippen LogP contribution in [0.1, 0.15) is 24.6 Å². The summed E-state index contributed by atoms with van der Waals surface area (Å²) in [6.45, 7) is 1.95. The molecule has 2 rings (SSSR count). The van der Waals surface area contributed by atoms with Crippen LogP contribution in [-0.2, 0) is 31.8 Å². The minimum Gasteiger partial charge on any atom is -0.444 e. The molecule has 0 bridgehead atoms. The first kappa shape index (κ1) is 27.4. The molecule has 0 spiro atoms. The fourth-order valence-electron chi connectivity index (χ4n) is 2.24. The number of nitrogens with zero attached hydrogens (tertiary/aromatic N) is 1. The number of ether oxygens (including phenoxy) is 2. The Morgan fingerprint density at radius 2 is 1.71 bits per heavy atom. The molecule has 1 aromatic heterocycles. The van der Waals surface area contributed by atoms with Crippen molar-refractivity contribution in [3.05, 3.63) is 32.6 Å². The van der Waals surface area contributed by atoms with E-state index in [1.807, 2.05) is 0 Å². The van der Waals surface area contributed by atoms with Crippen LogP contribution in [0.4, 0.5) is 0 Å². The summed E-state index contributed by atoms with van der Waals surface area (Å²) in [4.78, 5) is 65.4. The number of terminal acetylenes is 1. The Balaban J connectivity index is 0.000000330. The standard InChI is InChI=1S/C12H14N2O4.H5O10P3/c1-3-17-7-9-4-5-10(18-9)14-6-8(2)11(15)13-12(14)16;1-11(2,3)9-13(7,8)10-12(4,5)6/h1,6,9-10H,4-5,7H2,2H3,(H,13,15,16);(H,7,8)(H2,1,2,3)(H2,4,5,6)/t9-,10+;/m0./s1. The third-order valence-electron chi connectivity index (χ3n) is 3.31. The number of rotatable bonds is 7. The smallest absolute Gasteiger partial charge is 0.444 e. The number of aromatic amines is 1. The van der Waals surface area contributed by atoms with Crippen molar-refractivity contribution in [2.24, 2.45) is 0 Å². The zero-order valence-corrected chi connectivity index (χ0v) is 18.3. The number of H-pyrrole nitrogens is 1. The van der Waals surface area contributed by atoms with E-state index in [-0.39, 0.29) is 17.9 Å². The Morgan fingerprint density at radius 1 is 1.16 bits per heavy atom. The molecule has 2 atom stereocenters. The number of hydrogen-bond acceptors (Lipinski definition) is 9. The van der Waals surface area contributed by atoms with E-state index < -0.39 is 29.2 Å². The van der Waals surface area contributed by atoms with E-state index in [0.717, 1.165) is 6.42 Å². The Morgan fingerprint density at radius 3 is 2.19 bits per heavy atom. The average Bonchev–Trinajstić information content (AvgIpc) is 3.01. The Hall–Kier alpha value is -1.59. The molecule has 1 aromatic rings. The van der Waals surface area contributed by atoms with Crippen molar-refractivity contribution in [2.45, 2.75) is 32.1 Å². The van der Waals surface area contributed by atoms with Gasteiger partial charge in [0.1, 0.15) is 18.9 Å². The summed E-state index contributed by atoms with van der Waals surface area (Å²) >= 11 is 0. The van der Waals surface area contributed by atoms with Gasteiger partial charge in [0.2, 0.25) is 0 Å². The molecule has 6 N–H and O–H groups in total. The van der Waals surface area contributed by atoms with Crippen LogP contribution in [0.25, 0.3) is 0 Å². The summed E-state index contributed by atoms with van der Waals surface area (Å²) in [5.41, 5.74) is -0.364. The fourth-order valence-corrected chi connectivity index (χ4v) is 4.78. The number of nitrogens with one attached hydrogen (secondary N) is 1. The lowest BCUT2D eigenvalue weighted by Crippen LogP contribution is -2.33. The van der Waals surface area contributed by atoms with Gasteiger partial charge in [0, 0.05) is 11.8 Å². The van der Waals surface area contributed by atoms with E-state index in [1.165, 1.54) is 10.8 Å². The first-order valence-corrected chi connectivity index (χ1v) is 12.5. The second kappa shape index (κ2) is 10.8. The van der Waals surface area contributed by atoms with Crippen LogP contribution in [0.3, 0.4) is 0 Å². The third kappa shape index (κ3) is 10.5. The second-order valence-electron chi connectivity index (χ2n) is 5.81. The topological polar surface area (TPSA) is 244 Å². The van der Waals surface area contributed by atoms with Crippen LogP contribution >= 0.6 is 23.5 Å². The van der Waals surface area contributed by atoms with Crippen molar-refractivity contribution in [1.82, 2.24) is 9.55 Å². The fraction of sp³-hybridized carbons (Fsp3) is 0.500. The normalized spacial score (nSPS) is 19.3. The van der Waals surface area contributed by atoms with Gasteiger partial charge in [-0.05, 0) is 19.8 Å². The largest absolute Gasteiger partial charge is 0.490 e. The third-order valence-corrected chi connectivity index (χ3v) is 6.67. The molecule has 2 heterocycles. The van der Waals surface area contributed by atoms with Gasteiger partial charge in [-0.2, -0.15) is 8.62 Å². The zero-order valence-electron chi connectivity index (χ0n) is 15.6. The highest BCUT2D eigenvalue weighted by atomic mass is 31.3. The van der Waals surface area contributed by atoms with Gasteiger partial charge in [0.05, 0.1) is 6.10 Å². The maximum Gasteiger partial charge on any atom is 0.490 e. The Kier molecular flexibility index (Phi) is 9.58. The molecule has 0 unspecified atom stereocenters. The van der Waals surface area contributed by atoms with Crippen LogP contribution in [0.5, 0.6) is 0 Å². The number of hydrogen-bond donors (Lipinski definition) is 6. The van der Waals surface area contributed by atoms with Crippen molar-refractivity contribution in [3.63, 3.8) is 0 Å². The van der Waals surface area contributed by atoms with Crippen LogP contribution < -0.4 is 11.2 Å². The van der Waals surface area contributed by atoms with E-state index in [0.29, 0.717) is 18.6 Å². The van der Waals surface area contributed by atoms with Crippen molar-refractivity contribution in [2.75, 3.05) is 6.61 Å². The molecule has 0 aromatic carbocycles. The molecular weight excluding hydrogens is 489 g/mol.